The minimum atomic E-state index is 0.0413. The number of ether oxygens (including phenoxy) is 1. The molecule has 1 unspecified atom stereocenters. The summed E-state index contributed by atoms with van der Waals surface area (Å²) in [7, 11) is 1.66. The van der Waals surface area contributed by atoms with Gasteiger partial charge in [-0.25, -0.2) is 4.68 Å². The van der Waals surface area contributed by atoms with Gasteiger partial charge in [0.05, 0.1) is 24.5 Å². The maximum absolute atomic E-state index is 13.0. The Kier molecular flexibility index (Phi) is 5.70. The fourth-order valence-corrected chi connectivity index (χ4v) is 4.17. The highest BCUT2D eigenvalue weighted by molar-refractivity contribution is 5.92. The number of methoxy groups -OCH3 is 1. The Labute approximate surface area is 177 Å². The van der Waals surface area contributed by atoms with E-state index in [1.165, 1.54) is 0 Å². The fourth-order valence-electron chi connectivity index (χ4n) is 4.17. The van der Waals surface area contributed by atoms with Gasteiger partial charge in [-0.2, -0.15) is 5.10 Å². The van der Waals surface area contributed by atoms with Gasteiger partial charge in [-0.15, -0.1) is 0 Å². The first-order valence-corrected chi connectivity index (χ1v) is 10.3. The van der Waals surface area contributed by atoms with Crippen LogP contribution in [-0.4, -0.2) is 34.2 Å². The molecule has 154 valence electrons. The van der Waals surface area contributed by atoms with Crippen LogP contribution in [0.5, 0.6) is 5.75 Å². The number of para-hydroxylation sites is 1. The molecule has 3 aromatic rings. The molecule has 0 spiro atoms. The van der Waals surface area contributed by atoms with Gasteiger partial charge >= 0.3 is 0 Å². The van der Waals surface area contributed by atoms with E-state index in [0.29, 0.717) is 0 Å². The molecule has 1 atom stereocenters. The Morgan fingerprint density at radius 2 is 1.83 bits per heavy atom. The number of nitrogens with zero attached hydrogens (tertiary/aromatic N) is 3. The van der Waals surface area contributed by atoms with Crippen molar-refractivity contribution in [2.45, 2.75) is 32.7 Å². The van der Waals surface area contributed by atoms with E-state index < -0.39 is 0 Å². The van der Waals surface area contributed by atoms with Crippen molar-refractivity contribution in [1.82, 2.24) is 14.7 Å². The monoisotopic (exact) mass is 401 g/mol. The van der Waals surface area contributed by atoms with Crippen molar-refractivity contribution in [1.29, 1.82) is 0 Å². The lowest BCUT2D eigenvalue weighted by atomic mass is 10.0. The van der Waals surface area contributed by atoms with E-state index >= 15 is 0 Å². The molecule has 5 heteroatoms. The maximum Gasteiger partial charge on any atom is 0.247 e. The zero-order chi connectivity index (χ0) is 21.1. The van der Waals surface area contributed by atoms with Crippen LogP contribution in [0.2, 0.25) is 0 Å². The third-order valence-corrected chi connectivity index (χ3v) is 5.78. The summed E-state index contributed by atoms with van der Waals surface area (Å²) in [6.07, 6.45) is 5.59. The Bertz CT molecular complexity index is 1050. The van der Waals surface area contributed by atoms with E-state index in [1.807, 2.05) is 72.0 Å². The first-order chi connectivity index (χ1) is 14.6. The first kappa shape index (κ1) is 20.0. The van der Waals surface area contributed by atoms with Crippen LogP contribution in [0.25, 0.3) is 11.8 Å². The molecular formula is C25H27N3O2. The van der Waals surface area contributed by atoms with Crippen LogP contribution in [0.15, 0.2) is 60.7 Å². The summed E-state index contributed by atoms with van der Waals surface area (Å²) in [5.41, 5.74) is 5.10. The minimum absolute atomic E-state index is 0.0413. The quantitative estimate of drug-likeness (QED) is 0.573. The Morgan fingerprint density at radius 3 is 2.53 bits per heavy atom. The number of likely N-dealkylation sites (tertiary alicyclic amines) is 1. The summed E-state index contributed by atoms with van der Waals surface area (Å²) in [4.78, 5) is 15.0. The molecule has 0 bridgehead atoms. The number of carbonyl (C=O) groups is 1. The minimum Gasteiger partial charge on any atom is -0.497 e. The Hall–Kier alpha value is -3.34. The van der Waals surface area contributed by atoms with Crippen molar-refractivity contribution in [3.63, 3.8) is 0 Å². The third-order valence-electron chi connectivity index (χ3n) is 5.78. The molecule has 1 saturated heterocycles. The lowest BCUT2D eigenvalue weighted by Gasteiger charge is -2.24. The van der Waals surface area contributed by atoms with Crippen molar-refractivity contribution in [3.8, 4) is 11.4 Å². The number of rotatable bonds is 5. The van der Waals surface area contributed by atoms with Crippen molar-refractivity contribution in [2.24, 2.45) is 0 Å². The van der Waals surface area contributed by atoms with Crippen LogP contribution < -0.4 is 4.74 Å². The molecule has 0 saturated carbocycles. The number of aromatic nitrogens is 2. The topological polar surface area (TPSA) is 47.4 Å². The Morgan fingerprint density at radius 1 is 1.10 bits per heavy atom. The van der Waals surface area contributed by atoms with Gasteiger partial charge in [0, 0.05) is 23.9 Å². The average molecular weight is 402 g/mol. The Balaban J connectivity index is 1.54. The molecule has 2 aromatic carbocycles. The highest BCUT2D eigenvalue weighted by Crippen LogP contribution is 2.33. The maximum atomic E-state index is 13.0. The van der Waals surface area contributed by atoms with E-state index in [0.717, 1.165) is 53.3 Å². The summed E-state index contributed by atoms with van der Waals surface area (Å²) < 4.78 is 7.18. The number of benzene rings is 2. The smallest absolute Gasteiger partial charge is 0.247 e. The SMILES string of the molecule is COc1ccc(C2CCCN2C(=O)/C=C/c2c(C)nn(-c3ccccc3)c2C)cc1. The highest BCUT2D eigenvalue weighted by Gasteiger charge is 2.28. The summed E-state index contributed by atoms with van der Waals surface area (Å²) >= 11 is 0. The molecule has 1 aromatic heterocycles. The normalized spacial score (nSPS) is 16.4. The zero-order valence-electron chi connectivity index (χ0n) is 17.7. The van der Waals surface area contributed by atoms with Crippen molar-refractivity contribution in [2.75, 3.05) is 13.7 Å². The van der Waals surface area contributed by atoms with Gasteiger partial charge in [0.2, 0.25) is 5.91 Å². The number of hydrogen-bond acceptors (Lipinski definition) is 3. The van der Waals surface area contributed by atoms with Gasteiger partial charge in [0.25, 0.3) is 0 Å². The summed E-state index contributed by atoms with van der Waals surface area (Å²) in [5.74, 6) is 0.871. The van der Waals surface area contributed by atoms with Crippen LogP contribution in [-0.2, 0) is 4.79 Å². The first-order valence-electron chi connectivity index (χ1n) is 10.3. The van der Waals surface area contributed by atoms with Gasteiger partial charge in [0.1, 0.15) is 5.75 Å². The number of aryl methyl sites for hydroxylation is 1. The second-order valence-corrected chi connectivity index (χ2v) is 7.63. The molecule has 30 heavy (non-hydrogen) atoms. The van der Waals surface area contributed by atoms with Gasteiger partial charge in [-0.1, -0.05) is 30.3 Å². The molecule has 0 radical (unpaired) electrons. The van der Waals surface area contributed by atoms with E-state index in [4.69, 9.17) is 4.74 Å². The van der Waals surface area contributed by atoms with Crippen LogP contribution >= 0.6 is 0 Å². The zero-order valence-corrected chi connectivity index (χ0v) is 17.7. The number of carbonyl (C=O) groups excluding carboxylic acids is 1. The second kappa shape index (κ2) is 8.57. The summed E-state index contributed by atoms with van der Waals surface area (Å²) in [6.45, 7) is 4.79. The van der Waals surface area contributed by atoms with Crippen LogP contribution in [0.3, 0.4) is 0 Å². The van der Waals surface area contributed by atoms with Crippen molar-refractivity contribution < 1.29 is 9.53 Å². The van der Waals surface area contributed by atoms with E-state index in [2.05, 4.69) is 17.2 Å². The molecule has 1 fully saturated rings. The molecule has 0 aliphatic carbocycles. The lowest BCUT2D eigenvalue weighted by Crippen LogP contribution is -2.28. The highest BCUT2D eigenvalue weighted by atomic mass is 16.5. The predicted octanol–water partition coefficient (Wildman–Crippen LogP) is 4.87. The van der Waals surface area contributed by atoms with Gasteiger partial charge in [-0.05, 0) is 62.6 Å². The van der Waals surface area contributed by atoms with Gasteiger partial charge in [-0.3, -0.25) is 4.79 Å². The van der Waals surface area contributed by atoms with Crippen LogP contribution in [0, 0.1) is 13.8 Å². The van der Waals surface area contributed by atoms with Crippen molar-refractivity contribution in [3.05, 3.63) is 83.2 Å². The lowest BCUT2D eigenvalue weighted by molar-refractivity contribution is -0.126. The standard InChI is InChI=1S/C25H27N3O2/c1-18-23(19(2)28(26-18)21-8-5-4-6-9-21)15-16-25(29)27-17-7-10-24(27)20-11-13-22(30-3)14-12-20/h4-6,8-9,11-16,24H,7,10,17H2,1-3H3/b16-15+. The van der Waals surface area contributed by atoms with E-state index in [-0.39, 0.29) is 11.9 Å². The van der Waals surface area contributed by atoms with Crippen LogP contribution in [0.4, 0.5) is 0 Å². The predicted molar refractivity (Wildman–Crippen MR) is 119 cm³/mol. The summed E-state index contributed by atoms with van der Waals surface area (Å²) in [6, 6.07) is 18.2. The van der Waals surface area contributed by atoms with Crippen LogP contribution in [0.1, 0.15) is 41.4 Å². The number of amides is 1. The third kappa shape index (κ3) is 3.88. The molecular weight excluding hydrogens is 374 g/mol. The van der Waals surface area contributed by atoms with Crippen molar-refractivity contribution >= 4 is 12.0 Å². The van der Waals surface area contributed by atoms with Gasteiger partial charge in [0.15, 0.2) is 0 Å². The molecule has 2 heterocycles. The second-order valence-electron chi connectivity index (χ2n) is 7.63. The largest absolute Gasteiger partial charge is 0.497 e. The van der Waals surface area contributed by atoms with Gasteiger partial charge < -0.3 is 9.64 Å². The molecule has 5 nitrogen and oxygen atoms in total. The molecule has 1 aliphatic heterocycles. The average Bonchev–Trinajstić information content (AvgIpc) is 3.38. The molecule has 1 amide bonds. The fraction of sp³-hybridized carbons (Fsp3) is 0.280. The molecule has 4 rings (SSSR count). The molecule has 0 N–H and O–H groups in total. The molecule has 1 aliphatic rings. The van der Waals surface area contributed by atoms with E-state index in [9.17, 15) is 4.79 Å². The summed E-state index contributed by atoms with van der Waals surface area (Å²) in [5, 5.41) is 4.66. The van der Waals surface area contributed by atoms with E-state index in [1.54, 1.807) is 13.2 Å². The number of hydrogen-bond donors (Lipinski definition) is 0.